The maximum absolute atomic E-state index is 11.1. The Labute approximate surface area is 73.0 Å². The summed E-state index contributed by atoms with van der Waals surface area (Å²) < 4.78 is 0. The Morgan fingerprint density at radius 3 is 3.00 bits per heavy atom. The fourth-order valence-electron chi connectivity index (χ4n) is 2.65. The standard InChI is InChI=1S/C10H16O2/c11-9-4-6-10(12)5-2-1-3-8(10)7-9/h8,12H,1-7H2/t8-,10-/m0/s1. The molecule has 0 aromatic heterocycles. The Balaban J connectivity index is 2.11. The minimum absolute atomic E-state index is 0.285. The smallest absolute Gasteiger partial charge is 0.133 e. The molecular formula is C10H16O2. The van der Waals surface area contributed by atoms with E-state index in [0.717, 1.165) is 25.7 Å². The van der Waals surface area contributed by atoms with Gasteiger partial charge in [0, 0.05) is 12.8 Å². The summed E-state index contributed by atoms with van der Waals surface area (Å²) in [6.07, 6.45) is 6.27. The molecular weight excluding hydrogens is 152 g/mol. The summed E-state index contributed by atoms with van der Waals surface area (Å²) in [4.78, 5) is 11.1. The van der Waals surface area contributed by atoms with Crippen LogP contribution in [0, 0.1) is 5.92 Å². The van der Waals surface area contributed by atoms with E-state index < -0.39 is 5.60 Å². The largest absolute Gasteiger partial charge is 0.390 e. The highest BCUT2D eigenvalue weighted by Crippen LogP contribution is 2.42. The Bertz CT molecular complexity index is 200. The molecule has 2 aliphatic rings. The lowest BCUT2D eigenvalue weighted by molar-refractivity contribution is -0.134. The first-order valence-electron chi connectivity index (χ1n) is 4.95. The van der Waals surface area contributed by atoms with Gasteiger partial charge in [-0.25, -0.2) is 0 Å². The van der Waals surface area contributed by atoms with Crippen LogP contribution in [0.1, 0.15) is 44.9 Å². The third-order valence-electron chi connectivity index (χ3n) is 3.48. The van der Waals surface area contributed by atoms with Gasteiger partial charge in [0.2, 0.25) is 0 Å². The normalized spacial score (nSPS) is 42.4. The van der Waals surface area contributed by atoms with Gasteiger partial charge in [-0.2, -0.15) is 0 Å². The molecule has 2 fully saturated rings. The second-order valence-corrected chi connectivity index (χ2v) is 4.29. The van der Waals surface area contributed by atoms with E-state index in [1.54, 1.807) is 0 Å². The molecule has 12 heavy (non-hydrogen) atoms. The molecule has 0 aromatic rings. The summed E-state index contributed by atoms with van der Waals surface area (Å²) in [5, 5.41) is 10.2. The SMILES string of the molecule is O=C1CC[C@@]2(O)CCCC[C@H]2C1. The molecule has 2 atom stereocenters. The topological polar surface area (TPSA) is 37.3 Å². The fraction of sp³-hybridized carbons (Fsp3) is 0.900. The summed E-state index contributed by atoms with van der Waals surface area (Å²) in [6, 6.07) is 0. The van der Waals surface area contributed by atoms with Crippen LogP contribution in [0.25, 0.3) is 0 Å². The Kier molecular flexibility index (Phi) is 1.95. The zero-order valence-corrected chi connectivity index (χ0v) is 7.38. The minimum Gasteiger partial charge on any atom is -0.390 e. The van der Waals surface area contributed by atoms with Gasteiger partial charge < -0.3 is 5.11 Å². The monoisotopic (exact) mass is 168 g/mol. The molecule has 2 nitrogen and oxygen atoms in total. The number of Topliss-reactive ketones (excluding diaryl/α,β-unsaturated/α-hetero) is 1. The first kappa shape index (κ1) is 8.24. The zero-order valence-electron chi connectivity index (χ0n) is 7.38. The van der Waals surface area contributed by atoms with E-state index in [0.29, 0.717) is 18.6 Å². The summed E-state index contributed by atoms with van der Waals surface area (Å²) >= 11 is 0. The van der Waals surface area contributed by atoms with E-state index in [-0.39, 0.29) is 5.92 Å². The maximum atomic E-state index is 11.1. The quantitative estimate of drug-likeness (QED) is 0.597. The Hall–Kier alpha value is -0.370. The summed E-state index contributed by atoms with van der Waals surface area (Å²) in [5.41, 5.74) is -0.466. The van der Waals surface area contributed by atoms with Crippen LogP contribution in [0.2, 0.25) is 0 Å². The van der Waals surface area contributed by atoms with Crippen LogP contribution >= 0.6 is 0 Å². The third kappa shape index (κ3) is 1.28. The number of hydrogen-bond donors (Lipinski definition) is 1. The highest BCUT2D eigenvalue weighted by atomic mass is 16.3. The van der Waals surface area contributed by atoms with Crippen LogP contribution in [0.3, 0.4) is 0 Å². The molecule has 1 N–H and O–H groups in total. The molecule has 2 saturated carbocycles. The van der Waals surface area contributed by atoms with Crippen molar-refractivity contribution in [2.24, 2.45) is 5.92 Å². The molecule has 0 amide bonds. The first-order chi connectivity index (χ1) is 5.71. The summed E-state index contributed by atoms with van der Waals surface area (Å²) in [7, 11) is 0. The lowest BCUT2D eigenvalue weighted by Crippen LogP contribution is -2.45. The molecule has 0 aromatic carbocycles. The molecule has 0 bridgehead atoms. The fourth-order valence-corrected chi connectivity index (χ4v) is 2.65. The van der Waals surface area contributed by atoms with Gasteiger partial charge in [0.15, 0.2) is 0 Å². The zero-order chi connectivity index (χ0) is 8.60. The van der Waals surface area contributed by atoms with Crippen LogP contribution in [0.15, 0.2) is 0 Å². The number of carbonyl (C=O) groups excluding carboxylic acids is 1. The molecule has 0 heterocycles. The van der Waals surface area contributed by atoms with Gasteiger partial charge in [-0.15, -0.1) is 0 Å². The number of carbonyl (C=O) groups is 1. The predicted molar refractivity (Wildman–Crippen MR) is 45.8 cm³/mol. The van der Waals surface area contributed by atoms with Crippen molar-refractivity contribution in [2.75, 3.05) is 0 Å². The minimum atomic E-state index is -0.466. The lowest BCUT2D eigenvalue weighted by atomic mass is 9.67. The van der Waals surface area contributed by atoms with Crippen molar-refractivity contribution < 1.29 is 9.90 Å². The molecule has 2 aliphatic carbocycles. The van der Waals surface area contributed by atoms with Gasteiger partial charge in [-0.3, -0.25) is 4.79 Å². The molecule has 2 rings (SSSR count). The van der Waals surface area contributed by atoms with Crippen LogP contribution in [-0.2, 0) is 4.79 Å². The number of fused-ring (bicyclic) bond motifs is 1. The predicted octanol–water partition coefficient (Wildman–Crippen LogP) is 1.66. The van der Waals surface area contributed by atoms with Gasteiger partial charge in [-0.1, -0.05) is 12.8 Å². The number of aliphatic hydroxyl groups is 1. The molecule has 0 saturated heterocycles. The number of ketones is 1. The molecule has 2 heteroatoms. The van der Waals surface area contributed by atoms with E-state index in [1.807, 2.05) is 0 Å². The van der Waals surface area contributed by atoms with Gasteiger partial charge in [0.25, 0.3) is 0 Å². The van der Waals surface area contributed by atoms with Gasteiger partial charge in [0.05, 0.1) is 5.60 Å². The highest BCUT2D eigenvalue weighted by molar-refractivity contribution is 5.79. The van der Waals surface area contributed by atoms with Crippen molar-refractivity contribution in [3.8, 4) is 0 Å². The van der Waals surface area contributed by atoms with Gasteiger partial charge >= 0.3 is 0 Å². The average Bonchev–Trinajstić information content (AvgIpc) is 2.06. The maximum Gasteiger partial charge on any atom is 0.133 e. The van der Waals surface area contributed by atoms with Crippen LogP contribution in [0.5, 0.6) is 0 Å². The third-order valence-corrected chi connectivity index (χ3v) is 3.48. The van der Waals surface area contributed by atoms with E-state index in [2.05, 4.69) is 0 Å². The van der Waals surface area contributed by atoms with Crippen molar-refractivity contribution in [1.82, 2.24) is 0 Å². The van der Waals surface area contributed by atoms with Crippen LogP contribution in [0.4, 0.5) is 0 Å². The first-order valence-corrected chi connectivity index (χ1v) is 4.95. The summed E-state index contributed by atoms with van der Waals surface area (Å²) in [6.45, 7) is 0. The Morgan fingerprint density at radius 1 is 1.33 bits per heavy atom. The van der Waals surface area contributed by atoms with E-state index in [4.69, 9.17) is 0 Å². The van der Waals surface area contributed by atoms with Crippen molar-refractivity contribution >= 4 is 5.78 Å². The molecule has 0 unspecified atom stereocenters. The molecule has 68 valence electrons. The lowest BCUT2D eigenvalue weighted by Gasteiger charge is -2.42. The van der Waals surface area contributed by atoms with Crippen molar-refractivity contribution in [3.63, 3.8) is 0 Å². The number of rotatable bonds is 0. The molecule has 0 spiro atoms. The second kappa shape index (κ2) is 2.84. The van der Waals surface area contributed by atoms with Gasteiger partial charge in [-0.05, 0) is 25.2 Å². The van der Waals surface area contributed by atoms with Crippen LogP contribution < -0.4 is 0 Å². The highest BCUT2D eigenvalue weighted by Gasteiger charge is 2.42. The van der Waals surface area contributed by atoms with Gasteiger partial charge in [0.1, 0.15) is 5.78 Å². The van der Waals surface area contributed by atoms with E-state index in [1.165, 1.54) is 6.42 Å². The molecule has 0 radical (unpaired) electrons. The van der Waals surface area contributed by atoms with Crippen molar-refractivity contribution in [3.05, 3.63) is 0 Å². The number of hydrogen-bond acceptors (Lipinski definition) is 2. The average molecular weight is 168 g/mol. The van der Waals surface area contributed by atoms with E-state index >= 15 is 0 Å². The van der Waals surface area contributed by atoms with Crippen molar-refractivity contribution in [2.45, 2.75) is 50.5 Å². The second-order valence-electron chi connectivity index (χ2n) is 4.29. The van der Waals surface area contributed by atoms with Crippen LogP contribution in [-0.4, -0.2) is 16.5 Å². The Morgan fingerprint density at radius 2 is 2.17 bits per heavy atom. The van der Waals surface area contributed by atoms with Crippen molar-refractivity contribution in [1.29, 1.82) is 0 Å². The summed E-state index contributed by atoms with van der Waals surface area (Å²) in [5.74, 6) is 0.638. The van der Waals surface area contributed by atoms with E-state index in [9.17, 15) is 9.90 Å². The molecule has 0 aliphatic heterocycles.